The maximum atomic E-state index is 12.4. The Kier molecular flexibility index (Phi) is 4.41. The summed E-state index contributed by atoms with van der Waals surface area (Å²) in [5.41, 5.74) is 1.61. The van der Waals surface area contributed by atoms with Crippen molar-refractivity contribution in [3.05, 3.63) is 66.4 Å². The van der Waals surface area contributed by atoms with Crippen molar-refractivity contribution in [2.45, 2.75) is 24.8 Å². The quantitative estimate of drug-likeness (QED) is 0.765. The first-order valence-corrected chi connectivity index (χ1v) is 8.85. The van der Waals surface area contributed by atoms with Crippen LogP contribution in [0.15, 0.2) is 60.0 Å². The predicted molar refractivity (Wildman–Crippen MR) is 89.1 cm³/mol. The van der Waals surface area contributed by atoms with E-state index in [1.165, 1.54) is 18.5 Å². The molecule has 0 radical (unpaired) electrons. The topological polar surface area (TPSA) is 89.8 Å². The van der Waals surface area contributed by atoms with Gasteiger partial charge in [-0.1, -0.05) is 6.07 Å². The summed E-state index contributed by atoms with van der Waals surface area (Å²) in [5.74, 6) is 0.684. The number of hydrogen-bond donors (Lipinski definition) is 1. The molecule has 3 aromatic rings. The minimum Gasteiger partial charge on any atom is -0.263 e. The molecule has 0 fully saturated rings. The molecule has 3 heterocycles. The molecule has 8 heteroatoms. The highest BCUT2D eigenvalue weighted by atomic mass is 32.2. The Labute approximate surface area is 140 Å². The third-order valence-electron chi connectivity index (χ3n) is 3.66. The number of rotatable bonds is 5. The molecular weight excluding hydrogens is 326 g/mol. The van der Waals surface area contributed by atoms with Gasteiger partial charge in [-0.2, -0.15) is 5.10 Å². The average molecular weight is 343 g/mol. The van der Waals surface area contributed by atoms with Crippen molar-refractivity contribution in [3.8, 4) is 5.82 Å². The SMILES string of the molecule is Cc1c([C@@H](C)NS(=O)(=O)c2cccnc2)cnn1-c1ccccn1. The molecule has 7 nitrogen and oxygen atoms in total. The van der Waals surface area contributed by atoms with Gasteiger partial charge in [-0.15, -0.1) is 0 Å². The number of sulfonamides is 1. The molecule has 0 aliphatic carbocycles. The van der Waals surface area contributed by atoms with E-state index in [-0.39, 0.29) is 4.90 Å². The highest BCUT2D eigenvalue weighted by molar-refractivity contribution is 7.89. The standard InChI is InChI=1S/C16H17N5O2S/c1-12(20-24(22,23)14-6-5-8-17-10-14)15-11-19-21(13(15)2)16-7-3-4-9-18-16/h3-12,20H,1-2H3/t12-/m1/s1. The second-order valence-corrected chi connectivity index (χ2v) is 7.03. The Morgan fingerprint density at radius 3 is 2.62 bits per heavy atom. The molecule has 0 saturated carbocycles. The van der Waals surface area contributed by atoms with Crippen LogP contribution in [0.5, 0.6) is 0 Å². The van der Waals surface area contributed by atoms with Crippen LogP contribution in [0.25, 0.3) is 5.82 Å². The molecule has 124 valence electrons. The monoisotopic (exact) mass is 343 g/mol. The minimum atomic E-state index is -3.64. The second-order valence-electron chi connectivity index (χ2n) is 5.32. The molecule has 0 saturated heterocycles. The highest BCUT2D eigenvalue weighted by Gasteiger charge is 2.21. The Hall–Kier alpha value is -2.58. The highest BCUT2D eigenvalue weighted by Crippen LogP contribution is 2.21. The van der Waals surface area contributed by atoms with Gasteiger partial charge in [0.2, 0.25) is 10.0 Å². The van der Waals surface area contributed by atoms with Crippen LogP contribution in [0.3, 0.4) is 0 Å². The van der Waals surface area contributed by atoms with Crippen LogP contribution in [-0.2, 0) is 10.0 Å². The molecule has 0 amide bonds. The van der Waals surface area contributed by atoms with Crippen LogP contribution in [-0.4, -0.2) is 28.2 Å². The third-order valence-corrected chi connectivity index (χ3v) is 5.18. The third kappa shape index (κ3) is 3.19. The largest absolute Gasteiger partial charge is 0.263 e. The number of aromatic nitrogens is 4. The molecule has 0 unspecified atom stereocenters. The summed E-state index contributed by atoms with van der Waals surface area (Å²) >= 11 is 0. The lowest BCUT2D eigenvalue weighted by Gasteiger charge is -2.14. The maximum Gasteiger partial charge on any atom is 0.242 e. The van der Waals surface area contributed by atoms with Gasteiger partial charge in [-0.05, 0) is 38.1 Å². The molecule has 0 aliphatic rings. The van der Waals surface area contributed by atoms with Gasteiger partial charge in [0.05, 0.1) is 6.20 Å². The summed E-state index contributed by atoms with van der Waals surface area (Å²) in [6, 6.07) is 8.20. The molecule has 1 N–H and O–H groups in total. The van der Waals surface area contributed by atoms with E-state index in [0.717, 1.165) is 11.3 Å². The van der Waals surface area contributed by atoms with Crippen molar-refractivity contribution in [1.82, 2.24) is 24.5 Å². The fourth-order valence-electron chi connectivity index (χ4n) is 2.43. The normalized spacial score (nSPS) is 12.9. The van der Waals surface area contributed by atoms with Crippen LogP contribution in [0, 0.1) is 6.92 Å². The lowest BCUT2D eigenvalue weighted by atomic mass is 10.1. The van der Waals surface area contributed by atoms with E-state index in [0.29, 0.717) is 5.82 Å². The van der Waals surface area contributed by atoms with Crippen molar-refractivity contribution in [2.75, 3.05) is 0 Å². The summed E-state index contributed by atoms with van der Waals surface area (Å²) in [4.78, 5) is 8.24. The Morgan fingerprint density at radius 1 is 1.12 bits per heavy atom. The molecular formula is C16H17N5O2S. The lowest BCUT2D eigenvalue weighted by Crippen LogP contribution is -2.27. The zero-order valence-corrected chi connectivity index (χ0v) is 14.1. The van der Waals surface area contributed by atoms with Crippen LogP contribution in [0.2, 0.25) is 0 Å². The van der Waals surface area contributed by atoms with E-state index in [9.17, 15) is 8.42 Å². The van der Waals surface area contributed by atoms with Crippen LogP contribution >= 0.6 is 0 Å². The smallest absolute Gasteiger partial charge is 0.242 e. The molecule has 3 rings (SSSR count). The molecule has 0 bridgehead atoms. The first kappa shape index (κ1) is 16.3. The zero-order valence-electron chi connectivity index (χ0n) is 13.3. The number of nitrogens with zero attached hydrogens (tertiary/aromatic N) is 4. The Balaban J connectivity index is 1.87. The van der Waals surface area contributed by atoms with E-state index in [1.54, 1.807) is 30.1 Å². The second kappa shape index (κ2) is 6.50. The van der Waals surface area contributed by atoms with Gasteiger partial charge in [0.25, 0.3) is 0 Å². The average Bonchev–Trinajstić information content (AvgIpc) is 2.98. The van der Waals surface area contributed by atoms with Gasteiger partial charge in [0.15, 0.2) is 5.82 Å². The van der Waals surface area contributed by atoms with E-state index in [1.807, 2.05) is 25.1 Å². The summed E-state index contributed by atoms with van der Waals surface area (Å²) in [5, 5.41) is 4.32. The van der Waals surface area contributed by atoms with Gasteiger partial charge < -0.3 is 0 Å². The zero-order chi connectivity index (χ0) is 17.2. The van der Waals surface area contributed by atoms with Gasteiger partial charge in [0.1, 0.15) is 4.90 Å². The fourth-order valence-corrected chi connectivity index (χ4v) is 3.61. The van der Waals surface area contributed by atoms with Crippen molar-refractivity contribution in [1.29, 1.82) is 0 Å². The Bertz CT molecular complexity index is 924. The first-order valence-electron chi connectivity index (χ1n) is 7.37. The molecule has 0 aliphatic heterocycles. The maximum absolute atomic E-state index is 12.4. The van der Waals surface area contributed by atoms with Crippen molar-refractivity contribution < 1.29 is 8.42 Å². The molecule has 0 spiro atoms. The van der Waals surface area contributed by atoms with Crippen molar-refractivity contribution in [2.24, 2.45) is 0 Å². The molecule has 3 aromatic heterocycles. The number of nitrogens with one attached hydrogen (secondary N) is 1. The fraction of sp³-hybridized carbons (Fsp3) is 0.188. The lowest BCUT2D eigenvalue weighted by molar-refractivity contribution is 0.566. The molecule has 1 atom stereocenters. The van der Waals surface area contributed by atoms with Gasteiger partial charge >= 0.3 is 0 Å². The van der Waals surface area contributed by atoms with Gasteiger partial charge in [0, 0.05) is 35.9 Å². The Morgan fingerprint density at radius 2 is 1.96 bits per heavy atom. The van der Waals surface area contributed by atoms with Crippen molar-refractivity contribution in [3.63, 3.8) is 0 Å². The van der Waals surface area contributed by atoms with Crippen molar-refractivity contribution >= 4 is 10.0 Å². The summed E-state index contributed by atoms with van der Waals surface area (Å²) < 4.78 is 29.2. The van der Waals surface area contributed by atoms with Crippen LogP contribution < -0.4 is 4.72 Å². The van der Waals surface area contributed by atoms with E-state index >= 15 is 0 Å². The van der Waals surface area contributed by atoms with Crippen LogP contribution in [0.4, 0.5) is 0 Å². The predicted octanol–water partition coefficient (Wildman–Crippen LogP) is 2.01. The summed E-state index contributed by atoms with van der Waals surface area (Å²) in [7, 11) is -3.64. The first-order chi connectivity index (χ1) is 11.5. The van der Waals surface area contributed by atoms with Gasteiger partial charge in [-0.25, -0.2) is 22.8 Å². The van der Waals surface area contributed by atoms with Gasteiger partial charge in [-0.3, -0.25) is 4.98 Å². The van der Waals surface area contributed by atoms with E-state index < -0.39 is 16.1 Å². The minimum absolute atomic E-state index is 0.131. The van der Waals surface area contributed by atoms with E-state index in [2.05, 4.69) is 19.8 Å². The number of pyridine rings is 2. The summed E-state index contributed by atoms with van der Waals surface area (Å²) in [6.07, 6.45) is 6.19. The summed E-state index contributed by atoms with van der Waals surface area (Å²) in [6.45, 7) is 3.66. The molecule has 24 heavy (non-hydrogen) atoms. The number of hydrogen-bond acceptors (Lipinski definition) is 5. The molecule has 0 aromatic carbocycles. The van der Waals surface area contributed by atoms with Crippen LogP contribution in [0.1, 0.15) is 24.2 Å². The van der Waals surface area contributed by atoms with E-state index in [4.69, 9.17) is 0 Å².